The lowest BCUT2D eigenvalue weighted by Gasteiger charge is -2.37. The van der Waals surface area contributed by atoms with Gasteiger partial charge in [-0.1, -0.05) is 19.1 Å². The predicted molar refractivity (Wildman–Crippen MR) is 70.3 cm³/mol. The summed E-state index contributed by atoms with van der Waals surface area (Å²) in [5.41, 5.74) is 1.31. The van der Waals surface area contributed by atoms with Crippen molar-refractivity contribution in [3.8, 4) is 5.75 Å². The number of benzene rings is 1. The molecule has 2 heterocycles. The van der Waals surface area contributed by atoms with Crippen LogP contribution in [0.25, 0.3) is 0 Å². The van der Waals surface area contributed by atoms with Crippen LogP contribution in [0.15, 0.2) is 24.3 Å². The van der Waals surface area contributed by atoms with E-state index in [1.807, 2.05) is 18.2 Å². The molecule has 0 N–H and O–H groups in total. The van der Waals surface area contributed by atoms with Gasteiger partial charge in [0.05, 0.1) is 39.6 Å². The smallest absolute Gasteiger partial charge is 0.119 e. The van der Waals surface area contributed by atoms with Crippen LogP contribution in [0.2, 0.25) is 0 Å². The number of hydrogen-bond acceptors (Lipinski definition) is 4. The van der Waals surface area contributed by atoms with Crippen LogP contribution in [-0.2, 0) is 20.8 Å². The highest BCUT2D eigenvalue weighted by Gasteiger charge is 2.34. The van der Waals surface area contributed by atoms with Crippen molar-refractivity contribution < 1.29 is 18.9 Å². The van der Waals surface area contributed by atoms with Crippen LogP contribution >= 0.6 is 0 Å². The maximum Gasteiger partial charge on any atom is 0.119 e. The third-order valence-electron chi connectivity index (χ3n) is 3.36. The number of epoxide rings is 1. The van der Waals surface area contributed by atoms with Crippen LogP contribution in [-0.4, -0.2) is 39.1 Å². The fourth-order valence-electron chi connectivity index (χ4n) is 1.99. The highest BCUT2D eigenvalue weighted by molar-refractivity contribution is 5.28. The van der Waals surface area contributed by atoms with Crippen molar-refractivity contribution in [2.75, 3.05) is 33.0 Å². The Hall–Kier alpha value is -1.10. The molecule has 0 aromatic heterocycles. The van der Waals surface area contributed by atoms with Crippen molar-refractivity contribution in [1.82, 2.24) is 0 Å². The molecule has 0 radical (unpaired) electrons. The molecule has 0 unspecified atom stereocenters. The van der Waals surface area contributed by atoms with Gasteiger partial charge in [-0.25, -0.2) is 0 Å². The van der Waals surface area contributed by atoms with E-state index in [1.54, 1.807) is 0 Å². The Balaban J connectivity index is 1.47. The first-order chi connectivity index (χ1) is 9.23. The van der Waals surface area contributed by atoms with Gasteiger partial charge in [-0.3, -0.25) is 0 Å². The van der Waals surface area contributed by atoms with Gasteiger partial charge in [-0.15, -0.1) is 0 Å². The lowest BCUT2D eigenvalue weighted by Crippen LogP contribution is -2.44. The molecule has 1 aromatic rings. The molecule has 104 valence electrons. The molecule has 2 fully saturated rings. The second kappa shape index (κ2) is 5.49. The Morgan fingerprint density at radius 1 is 1.37 bits per heavy atom. The fourth-order valence-corrected chi connectivity index (χ4v) is 1.99. The highest BCUT2D eigenvalue weighted by atomic mass is 16.6. The van der Waals surface area contributed by atoms with Crippen LogP contribution in [0.1, 0.15) is 12.5 Å². The zero-order valence-electron chi connectivity index (χ0n) is 11.3. The largest absolute Gasteiger partial charge is 0.493 e. The quantitative estimate of drug-likeness (QED) is 0.706. The van der Waals surface area contributed by atoms with Crippen LogP contribution in [0.3, 0.4) is 0 Å². The summed E-state index contributed by atoms with van der Waals surface area (Å²) in [7, 11) is 0. The molecule has 0 bridgehead atoms. The normalized spacial score (nSPS) is 23.7. The summed E-state index contributed by atoms with van der Waals surface area (Å²) < 4.78 is 21.7. The Kier molecular flexibility index (Phi) is 3.73. The fraction of sp³-hybridized carbons (Fsp3) is 0.600. The van der Waals surface area contributed by atoms with Gasteiger partial charge in [0, 0.05) is 5.41 Å². The van der Waals surface area contributed by atoms with E-state index in [-0.39, 0.29) is 5.41 Å². The van der Waals surface area contributed by atoms with Crippen LogP contribution in [0.4, 0.5) is 0 Å². The summed E-state index contributed by atoms with van der Waals surface area (Å²) >= 11 is 0. The summed E-state index contributed by atoms with van der Waals surface area (Å²) in [5, 5.41) is 0. The number of ether oxygens (including phenoxy) is 4. The molecule has 1 atom stereocenters. The Morgan fingerprint density at radius 2 is 2.21 bits per heavy atom. The molecule has 4 heteroatoms. The van der Waals surface area contributed by atoms with E-state index in [0.29, 0.717) is 25.9 Å². The van der Waals surface area contributed by atoms with Gasteiger partial charge in [0.25, 0.3) is 0 Å². The van der Waals surface area contributed by atoms with Gasteiger partial charge in [-0.2, -0.15) is 0 Å². The average Bonchev–Trinajstić information content (AvgIpc) is 3.19. The van der Waals surface area contributed by atoms with E-state index in [9.17, 15) is 0 Å². The average molecular weight is 264 g/mol. The van der Waals surface area contributed by atoms with Crippen LogP contribution in [0.5, 0.6) is 5.75 Å². The second-order valence-electron chi connectivity index (χ2n) is 5.71. The summed E-state index contributed by atoms with van der Waals surface area (Å²) in [6.07, 6.45) is 0.318. The van der Waals surface area contributed by atoms with Crippen molar-refractivity contribution in [1.29, 1.82) is 0 Å². The molecule has 0 amide bonds. The first kappa shape index (κ1) is 12.9. The number of rotatable bonds is 7. The summed E-state index contributed by atoms with van der Waals surface area (Å²) in [6, 6.07) is 8.07. The monoisotopic (exact) mass is 264 g/mol. The molecule has 2 saturated heterocycles. The van der Waals surface area contributed by atoms with E-state index in [2.05, 4.69) is 13.0 Å². The summed E-state index contributed by atoms with van der Waals surface area (Å²) in [4.78, 5) is 0. The third-order valence-corrected chi connectivity index (χ3v) is 3.36. The minimum atomic E-state index is 0.176. The number of hydrogen-bond donors (Lipinski definition) is 0. The molecule has 19 heavy (non-hydrogen) atoms. The zero-order chi connectivity index (χ0) is 13.1. The van der Waals surface area contributed by atoms with Gasteiger partial charge >= 0.3 is 0 Å². The maximum atomic E-state index is 5.83. The lowest BCUT2D eigenvalue weighted by atomic mass is 9.90. The SMILES string of the molecule is CC1(COc2cccc(COC[C@H]3CO3)c2)COC1. The van der Waals surface area contributed by atoms with E-state index < -0.39 is 0 Å². The predicted octanol–water partition coefficient (Wildman–Crippen LogP) is 2.02. The molecular formula is C15H20O4. The molecule has 4 nitrogen and oxygen atoms in total. The highest BCUT2D eigenvalue weighted by Crippen LogP contribution is 2.27. The van der Waals surface area contributed by atoms with Crippen LogP contribution < -0.4 is 4.74 Å². The third kappa shape index (κ3) is 3.69. The molecule has 0 saturated carbocycles. The van der Waals surface area contributed by atoms with E-state index >= 15 is 0 Å². The van der Waals surface area contributed by atoms with E-state index in [4.69, 9.17) is 18.9 Å². The molecule has 3 rings (SSSR count). The van der Waals surface area contributed by atoms with Crippen molar-refractivity contribution in [3.05, 3.63) is 29.8 Å². The van der Waals surface area contributed by atoms with Crippen LogP contribution in [0, 0.1) is 5.41 Å². The van der Waals surface area contributed by atoms with Crippen molar-refractivity contribution in [2.45, 2.75) is 19.6 Å². The first-order valence-electron chi connectivity index (χ1n) is 6.72. The van der Waals surface area contributed by atoms with Crippen molar-refractivity contribution in [3.63, 3.8) is 0 Å². The van der Waals surface area contributed by atoms with E-state index in [1.165, 1.54) is 0 Å². The Morgan fingerprint density at radius 3 is 2.89 bits per heavy atom. The summed E-state index contributed by atoms with van der Waals surface area (Å²) in [6.45, 7) is 6.59. The minimum absolute atomic E-state index is 0.176. The molecule has 2 aliphatic heterocycles. The first-order valence-corrected chi connectivity index (χ1v) is 6.72. The standard InChI is InChI=1S/C15H20O4/c1-15(9-17-10-15)11-19-13-4-2-3-12(5-13)6-16-7-14-8-18-14/h2-5,14H,6-11H2,1H3/t14-/m0/s1. The summed E-state index contributed by atoms with van der Waals surface area (Å²) in [5.74, 6) is 0.900. The van der Waals surface area contributed by atoms with Gasteiger partial charge in [0.15, 0.2) is 0 Å². The van der Waals surface area contributed by atoms with Gasteiger partial charge < -0.3 is 18.9 Å². The zero-order valence-corrected chi connectivity index (χ0v) is 11.3. The maximum absolute atomic E-state index is 5.83. The lowest BCUT2D eigenvalue weighted by molar-refractivity contribution is -0.120. The van der Waals surface area contributed by atoms with Gasteiger partial charge in [0.1, 0.15) is 11.9 Å². The molecular weight excluding hydrogens is 244 g/mol. The minimum Gasteiger partial charge on any atom is -0.493 e. The topological polar surface area (TPSA) is 40.2 Å². The molecule has 2 aliphatic rings. The van der Waals surface area contributed by atoms with Gasteiger partial charge in [0.2, 0.25) is 0 Å². The van der Waals surface area contributed by atoms with Gasteiger partial charge in [-0.05, 0) is 17.7 Å². The van der Waals surface area contributed by atoms with Crippen molar-refractivity contribution in [2.24, 2.45) is 5.41 Å². The molecule has 1 aromatic carbocycles. The molecule has 0 spiro atoms. The Bertz CT molecular complexity index is 424. The second-order valence-corrected chi connectivity index (χ2v) is 5.71. The van der Waals surface area contributed by atoms with Crippen molar-refractivity contribution >= 4 is 0 Å². The van der Waals surface area contributed by atoms with E-state index in [0.717, 1.165) is 31.1 Å². The molecule has 0 aliphatic carbocycles. The Labute approximate surface area is 113 Å².